The van der Waals surface area contributed by atoms with Crippen LogP contribution in [0.3, 0.4) is 0 Å². The number of hydrogen-bond acceptors (Lipinski definition) is 4. The molecular formula is C12H24N2O3. The largest absolute Gasteiger partial charge is 0.447 e. The van der Waals surface area contributed by atoms with Gasteiger partial charge in [-0.1, -0.05) is 6.92 Å². The summed E-state index contributed by atoms with van der Waals surface area (Å²) in [6.07, 6.45) is 0.506. The van der Waals surface area contributed by atoms with Crippen molar-refractivity contribution in [3.8, 4) is 0 Å². The van der Waals surface area contributed by atoms with Crippen LogP contribution in [0.5, 0.6) is 0 Å². The van der Waals surface area contributed by atoms with Gasteiger partial charge >= 0.3 is 6.09 Å². The fourth-order valence-corrected chi connectivity index (χ4v) is 2.07. The number of carbonyl (C=O) groups excluding carboxylic acids is 1. The number of rotatable bonds is 4. The molecule has 0 aromatic carbocycles. The Morgan fingerprint density at radius 3 is 2.76 bits per heavy atom. The number of methoxy groups -OCH3 is 1. The monoisotopic (exact) mass is 244 g/mol. The van der Waals surface area contributed by atoms with Gasteiger partial charge in [0.2, 0.25) is 0 Å². The lowest BCUT2D eigenvalue weighted by Gasteiger charge is -2.37. The second-order valence-corrected chi connectivity index (χ2v) is 4.66. The number of hydrogen-bond donors (Lipinski definition) is 1. The summed E-state index contributed by atoms with van der Waals surface area (Å²) in [4.78, 5) is 13.9. The van der Waals surface area contributed by atoms with Crippen LogP contribution in [-0.4, -0.2) is 56.0 Å². The van der Waals surface area contributed by atoms with Crippen molar-refractivity contribution in [3.63, 3.8) is 0 Å². The summed E-state index contributed by atoms with van der Waals surface area (Å²) in [5, 5.41) is 2.88. The van der Waals surface area contributed by atoms with Gasteiger partial charge in [-0.15, -0.1) is 0 Å². The number of carbonyl (C=O) groups is 1. The van der Waals surface area contributed by atoms with Gasteiger partial charge < -0.3 is 19.7 Å². The normalized spacial score (nSPS) is 25.9. The zero-order valence-electron chi connectivity index (χ0n) is 11.2. The van der Waals surface area contributed by atoms with Crippen molar-refractivity contribution in [2.45, 2.75) is 45.4 Å². The fourth-order valence-electron chi connectivity index (χ4n) is 2.07. The summed E-state index contributed by atoms with van der Waals surface area (Å²) in [6, 6.07) is 0.0500. The quantitative estimate of drug-likeness (QED) is 0.808. The van der Waals surface area contributed by atoms with E-state index in [1.165, 1.54) is 0 Å². The Bertz CT molecular complexity index is 246. The Balaban J connectivity index is 2.44. The van der Waals surface area contributed by atoms with Gasteiger partial charge in [-0.2, -0.15) is 0 Å². The molecule has 0 bridgehead atoms. The minimum absolute atomic E-state index is 0.0448. The molecule has 5 nitrogen and oxygen atoms in total. The number of piperidine rings is 1. The van der Waals surface area contributed by atoms with Crippen LogP contribution < -0.4 is 5.32 Å². The van der Waals surface area contributed by atoms with E-state index in [0.29, 0.717) is 0 Å². The molecule has 0 aromatic rings. The number of likely N-dealkylation sites (tertiary alicyclic amines) is 1. The maximum absolute atomic E-state index is 11.5. The third-order valence-electron chi connectivity index (χ3n) is 3.04. The van der Waals surface area contributed by atoms with Crippen molar-refractivity contribution in [1.29, 1.82) is 0 Å². The first-order valence-electron chi connectivity index (χ1n) is 6.29. The van der Waals surface area contributed by atoms with Crippen LogP contribution in [0.25, 0.3) is 0 Å². The fraction of sp³-hybridized carbons (Fsp3) is 0.917. The highest BCUT2D eigenvalue weighted by molar-refractivity contribution is 5.67. The Hall–Kier alpha value is -0.810. The molecule has 1 aliphatic heterocycles. The molecule has 1 N–H and O–H groups in total. The van der Waals surface area contributed by atoms with Crippen molar-refractivity contribution >= 4 is 6.09 Å². The van der Waals surface area contributed by atoms with Gasteiger partial charge in [0.25, 0.3) is 0 Å². The summed E-state index contributed by atoms with van der Waals surface area (Å²) in [6.45, 7) is 8.68. The average molecular weight is 244 g/mol. The SMILES string of the molecule is CCN1CCC(NC(=O)OC(C)C)C(OC)C1. The Morgan fingerprint density at radius 2 is 2.24 bits per heavy atom. The first-order valence-corrected chi connectivity index (χ1v) is 6.29. The molecule has 2 unspecified atom stereocenters. The van der Waals surface area contributed by atoms with Crippen molar-refractivity contribution in [2.75, 3.05) is 26.7 Å². The maximum Gasteiger partial charge on any atom is 0.407 e. The number of amides is 1. The van der Waals surface area contributed by atoms with E-state index >= 15 is 0 Å². The molecule has 5 heteroatoms. The van der Waals surface area contributed by atoms with Crippen LogP contribution >= 0.6 is 0 Å². The highest BCUT2D eigenvalue weighted by Gasteiger charge is 2.30. The van der Waals surface area contributed by atoms with Crippen LogP contribution in [0.4, 0.5) is 4.79 Å². The van der Waals surface area contributed by atoms with Crippen LogP contribution in [0.2, 0.25) is 0 Å². The Labute approximate surface area is 103 Å². The van der Waals surface area contributed by atoms with Gasteiger partial charge in [0.1, 0.15) is 0 Å². The number of likely N-dealkylation sites (N-methyl/N-ethyl adjacent to an activating group) is 1. The van der Waals surface area contributed by atoms with Crippen LogP contribution in [0.1, 0.15) is 27.2 Å². The molecule has 2 atom stereocenters. The number of nitrogens with zero attached hydrogens (tertiary/aromatic N) is 1. The number of ether oxygens (including phenoxy) is 2. The van der Waals surface area contributed by atoms with Gasteiger partial charge in [-0.25, -0.2) is 4.79 Å². The van der Waals surface area contributed by atoms with Gasteiger partial charge in [-0.3, -0.25) is 0 Å². The molecule has 1 fully saturated rings. The molecule has 0 aliphatic carbocycles. The van der Waals surface area contributed by atoms with Gasteiger partial charge in [0.05, 0.1) is 18.2 Å². The molecule has 0 radical (unpaired) electrons. The van der Waals surface area contributed by atoms with E-state index in [-0.39, 0.29) is 24.3 Å². The first kappa shape index (κ1) is 14.3. The van der Waals surface area contributed by atoms with E-state index < -0.39 is 0 Å². The lowest BCUT2D eigenvalue weighted by atomic mass is 10.0. The minimum atomic E-state index is -0.350. The third-order valence-corrected chi connectivity index (χ3v) is 3.04. The molecule has 0 spiro atoms. The van der Waals surface area contributed by atoms with E-state index in [4.69, 9.17) is 9.47 Å². The van der Waals surface area contributed by atoms with E-state index in [9.17, 15) is 4.79 Å². The van der Waals surface area contributed by atoms with Crippen molar-refractivity contribution in [2.24, 2.45) is 0 Å². The standard InChI is InChI=1S/C12H24N2O3/c1-5-14-7-6-10(11(8-14)16-4)13-12(15)17-9(2)3/h9-11H,5-8H2,1-4H3,(H,13,15). The molecule has 1 rings (SSSR count). The molecule has 0 aromatic heterocycles. The van der Waals surface area contributed by atoms with Crippen molar-refractivity contribution in [3.05, 3.63) is 0 Å². The van der Waals surface area contributed by atoms with Crippen LogP contribution in [0.15, 0.2) is 0 Å². The first-order chi connectivity index (χ1) is 8.06. The Morgan fingerprint density at radius 1 is 1.53 bits per heavy atom. The van der Waals surface area contributed by atoms with Gasteiger partial charge in [-0.05, 0) is 26.8 Å². The average Bonchev–Trinajstić information content (AvgIpc) is 2.28. The molecule has 1 heterocycles. The lowest BCUT2D eigenvalue weighted by molar-refractivity contribution is 0.00531. The van der Waals surface area contributed by atoms with Crippen molar-refractivity contribution in [1.82, 2.24) is 10.2 Å². The van der Waals surface area contributed by atoms with E-state index in [0.717, 1.165) is 26.1 Å². The minimum Gasteiger partial charge on any atom is -0.447 e. The zero-order valence-corrected chi connectivity index (χ0v) is 11.2. The summed E-state index contributed by atoms with van der Waals surface area (Å²) in [5.74, 6) is 0. The van der Waals surface area contributed by atoms with Gasteiger partial charge in [0.15, 0.2) is 0 Å². The molecule has 1 amide bonds. The molecule has 1 saturated heterocycles. The zero-order chi connectivity index (χ0) is 12.8. The lowest BCUT2D eigenvalue weighted by Crippen LogP contribution is -2.54. The molecule has 0 saturated carbocycles. The van der Waals surface area contributed by atoms with E-state index in [1.54, 1.807) is 7.11 Å². The van der Waals surface area contributed by atoms with Crippen molar-refractivity contribution < 1.29 is 14.3 Å². The molecular weight excluding hydrogens is 220 g/mol. The number of alkyl carbamates (subject to hydrolysis) is 1. The molecule has 100 valence electrons. The maximum atomic E-state index is 11.5. The summed E-state index contributed by atoms with van der Waals surface area (Å²) >= 11 is 0. The Kier molecular flexibility index (Phi) is 5.71. The molecule has 17 heavy (non-hydrogen) atoms. The number of nitrogens with one attached hydrogen (secondary N) is 1. The summed E-state index contributed by atoms with van der Waals surface area (Å²) in [5.41, 5.74) is 0. The second-order valence-electron chi connectivity index (χ2n) is 4.66. The van der Waals surface area contributed by atoms with Crippen LogP contribution in [-0.2, 0) is 9.47 Å². The second kappa shape index (κ2) is 6.81. The topological polar surface area (TPSA) is 50.8 Å². The van der Waals surface area contributed by atoms with Crippen LogP contribution in [0, 0.1) is 0 Å². The molecule has 1 aliphatic rings. The highest BCUT2D eigenvalue weighted by atomic mass is 16.6. The summed E-state index contributed by atoms with van der Waals surface area (Å²) in [7, 11) is 1.69. The van der Waals surface area contributed by atoms with E-state index in [2.05, 4.69) is 17.1 Å². The smallest absolute Gasteiger partial charge is 0.407 e. The third kappa shape index (κ3) is 4.52. The highest BCUT2D eigenvalue weighted by Crippen LogP contribution is 2.13. The predicted molar refractivity (Wildman–Crippen MR) is 66.1 cm³/mol. The van der Waals surface area contributed by atoms with Gasteiger partial charge in [0, 0.05) is 20.2 Å². The predicted octanol–water partition coefficient (Wildman–Crippen LogP) is 1.23. The summed E-state index contributed by atoms with van der Waals surface area (Å²) < 4.78 is 10.5. The van der Waals surface area contributed by atoms with E-state index in [1.807, 2.05) is 13.8 Å².